The van der Waals surface area contributed by atoms with Gasteiger partial charge in [-0.25, -0.2) is 4.79 Å². The molecule has 5 rings (SSSR count). The molecule has 2 aromatic heterocycles. The Hall–Kier alpha value is -4.54. The third-order valence-corrected chi connectivity index (χ3v) is 8.48. The summed E-state index contributed by atoms with van der Waals surface area (Å²) in [6, 6.07) is 12.2. The summed E-state index contributed by atoms with van der Waals surface area (Å²) < 4.78 is 5.20. The molecular weight excluding hydrogens is 550 g/mol. The number of thioether (sulfide) groups is 1. The van der Waals surface area contributed by atoms with Crippen LogP contribution in [0.5, 0.6) is 0 Å². The number of nitrogens with one attached hydrogen (secondary N) is 1. The summed E-state index contributed by atoms with van der Waals surface area (Å²) in [6.07, 6.45) is 4.92. The van der Waals surface area contributed by atoms with Gasteiger partial charge in [-0.1, -0.05) is 29.2 Å². The zero-order valence-corrected chi connectivity index (χ0v) is 22.9. The molecule has 0 saturated carbocycles. The number of nitriles is 1. The molecule has 1 unspecified atom stereocenters. The Balaban J connectivity index is 1.35. The molecule has 3 N–H and O–H groups in total. The minimum atomic E-state index is -0.593. The molecule has 11 nitrogen and oxygen atoms in total. The fraction of sp³-hybridized carbons (Fsp3) is 0.222. The number of ketones is 1. The van der Waals surface area contributed by atoms with Gasteiger partial charge >= 0.3 is 5.97 Å². The number of methoxy groups -OCH3 is 1. The van der Waals surface area contributed by atoms with Gasteiger partial charge in [-0.2, -0.15) is 5.26 Å². The highest BCUT2D eigenvalue weighted by molar-refractivity contribution is 8.01. The Morgan fingerprint density at radius 3 is 2.75 bits per heavy atom. The molecule has 0 radical (unpaired) electrons. The van der Waals surface area contributed by atoms with E-state index in [-0.39, 0.29) is 28.8 Å². The number of amides is 1. The minimum Gasteiger partial charge on any atom is -0.465 e. The summed E-state index contributed by atoms with van der Waals surface area (Å²) in [7, 11) is 1.30. The first-order valence-electron chi connectivity index (χ1n) is 12.2. The van der Waals surface area contributed by atoms with E-state index in [1.807, 2.05) is 6.07 Å². The number of benzene rings is 1. The molecule has 1 aliphatic carbocycles. The van der Waals surface area contributed by atoms with Crippen LogP contribution in [0.3, 0.4) is 0 Å². The Morgan fingerprint density at radius 1 is 1.25 bits per heavy atom. The summed E-state index contributed by atoms with van der Waals surface area (Å²) in [5, 5.41) is 21.8. The van der Waals surface area contributed by atoms with E-state index in [4.69, 9.17) is 5.73 Å². The van der Waals surface area contributed by atoms with Crippen molar-refractivity contribution in [3.05, 3.63) is 82.6 Å². The first-order chi connectivity index (χ1) is 19.4. The molecule has 0 fully saturated rings. The topological polar surface area (TPSA) is 164 Å². The summed E-state index contributed by atoms with van der Waals surface area (Å²) >= 11 is 2.42. The van der Waals surface area contributed by atoms with Crippen molar-refractivity contribution < 1.29 is 19.1 Å². The van der Waals surface area contributed by atoms with Gasteiger partial charge in [-0.15, -0.1) is 10.2 Å². The Kier molecular flexibility index (Phi) is 7.90. The number of carbonyl (C=O) groups excluding carboxylic acids is 3. The normalized spacial score (nSPS) is 16.9. The van der Waals surface area contributed by atoms with E-state index in [9.17, 15) is 19.6 Å². The molecular formula is C27H23N7O4S2. The lowest BCUT2D eigenvalue weighted by Crippen LogP contribution is -2.38. The number of allylic oxidation sites excluding steroid dienone is 3. The van der Waals surface area contributed by atoms with Gasteiger partial charge in [0.2, 0.25) is 11.0 Å². The van der Waals surface area contributed by atoms with Crippen LogP contribution in [0.1, 0.15) is 41.1 Å². The van der Waals surface area contributed by atoms with Crippen LogP contribution in [0.2, 0.25) is 0 Å². The van der Waals surface area contributed by atoms with Gasteiger partial charge in [0, 0.05) is 35.8 Å². The Labute approximate surface area is 237 Å². The standard InChI is InChI=1S/C27H23N7O4S2/c1-38-25(37)15-7-9-17(10-8-15)31-21(36)14-39-27-33-32-26(40-27)34-19-5-2-6-20(35)23(19)22(18(12-28)24(34)29)16-4-3-11-30-13-16/h3-4,7-11,13,22H,2,5-6,14,29H2,1H3,(H,31,36). The zero-order valence-electron chi connectivity index (χ0n) is 21.3. The highest BCUT2D eigenvalue weighted by Crippen LogP contribution is 2.46. The van der Waals surface area contributed by atoms with Crippen molar-refractivity contribution in [2.45, 2.75) is 29.5 Å². The van der Waals surface area contributed by atoms with E-state index >= 15 is 0 Å². The summed E-state index contributed by atoms with van der Waals surface area (Å²) in [6.45, 7) is 0. The molecule has 13 heteroatoms. The largest absolute Gasteiger partial charge is 0.465 e. The lowest BCUT2D eigenvalue weighted by Gasteiger charge is -2.37. The number of ether oxygens (including phenoxy) is 1. The number of Topliss-reactive ketones (excluding diaryl/α,β-unsaturated/α-hetero) is 1. The second-order valence-electron chi connectivity index (χ2n) is 8.86. The summed E-state index contributed by atoms with van der Waals surface area (Å²) in [5.74, 6) is -1.08. The highest BCUT2D eigenvalue weighted by atomic mass is 32.2. The Morgan fingerprint density at radius 2 is 2.05 bits per heavy atom. The Bertz CT molecular complexity index is 1580. The SMILES string of the molecule is COC(=O)c1ccc(NC(=O)CSc2nnc(N3C(N)=C(C#N)C(c4cccnc4)C4=C3CCCC4=O)s2)cc1. The molecule has 2 aliphatic rings. The number of carbonyl (C=O) groups is 3. The van der Waals surface area contributed by atoms with E-state index in [1.54, 1.807) is 47.6 Å². The lowest BCUT2D eigenvalue weighted by atomic mass is 9.76. The average Bonchev–Trinajstić information content (AvgIpc) is 3.44. The van der Waals surface area contributed by atoms with Gasteiger partial charge in [0.25, 0.3) is 0 Å². The van der Waals surface area contributed by atoms with Gasteiger partial charge in [0.15, 0.2) is 10.1 Å². The molecule has 202 valence electrons. The van der Waals surface area contributed by atoms with Crippen LogP contribution in [-0.2, 0) is 14.3 Å². The molecule has 3 aromatic rings. The summed E-state index contributed by atoms with van der Waals surface area (Å²) in [5.41, 5.74) is 9.70. The second-order valence-corrected chi connectivity index (χ2v) is 11.0. The van der Waals surface area contributed by atoms with Crippen LogP contribution < -0.4 is 16.0 Å². The van der Waals surface area contributed by atoms with Crippen LogP contribution >= 0.6 is 23.1 Å². The predicted molar refractivity (Wildman–Crippen MR) is 149 cm³/mol. The molecule has 3 heterocycles. The van der Waals surface area contributed by atoms with Crippen molar-refractivity contribution >= 4 is 51.6 Å². The molecule has 1 atom stereocenters. The number of hydrogen-bond donors (Lipinski definition) is 2. The first-order valence-corrected chi connectivity index (χ1v) is 14.0. The molecule has 0 spiro atoms. The van der Waals surface area contributed by atoms with Crippen LogP contribution in [0.15, 0.2) is 75.8 Å². The number of nitrogens with zero attached hydrogens (tertiary/aromatic N) is 5. The second kappa shape index (κ2) is 11.7. The van der Waals surface area contributed by atoms with Gasteiger partial charge in [0.05, 0.1) is 36.0 Å². The fourth-order valence-corrected chi connectivity index (χ4v) is 6.35. The zero-order chi connectivity index (χ0) is 28.2. The number of pyridine rings is 1. The molecule has 1 aromatic carbocycles. The van der Waals surface area contributed by atoms with Crippen LogP contribution in [0, 0.1) is 11.3 Å². The lowest BCUT2D eigenvalue weighted by molar-refractivity contribution is -0.116. The van der Waals surface area contributed by atoms with Crippen LogP contribution in [-0.4, -0.2) is 45.7 Å². The van der Waals surface area contributed by atoms with E-state index < -0.39 is 11.9 Å². The number of rotatable bonds is 7. The average molecular weight is 574 g/mol. The maximum Gasteiger partial charge on any atom is 0.337 e. The van der Waals surface area contributed by atoms with Crippen molar-refractivity contribution in [1.29, 1.82) is 5.26 Å². The third kappa shape index (κ3) is 5.31. The predicted octanol–water partition coefficient (Wildman–Crippen LogP) is 3.76. The minimum absolute atomic E-state index is 0.0317. The van der Waals surface area contributed by atoms with Gasteiger partial charge < -0.3 is 15.8 Å². The van der Waals surface area contributed by atoms with E-state index in [0.29, 0.717) is 51.3 Å². The van der Waals surface area contributed by atoms with Crippen molar-refractivity contribution in [3.8, 4) is 6.07 Å². The molecule has 1 amide bonds. The maximum atomic E-state index is 13.2. The number of esters is 1. The third-order valence-electron chi connectivity index (χ3n) is 6.43. The van der Waals surface area contributed by atoms with Crippen LogP contribution in [0.25, 0.3) is 0 Å². The number of aromatic nitrogens is 3. The van der Waals surface area contributed by atoms with Gasteiger partial charge in [0.1, 0.15) is 5.82 Å². The molecule has 40 heavy (non-hydrogen) atoms. The molecule has 0 saturated heterocycles. The van der Waals surface area contributed by atoms with Crippen molar-refractivity contribution in [1.82, 2.24) is 15.2 Å². The number of hydrogen-bond acceptors (Lipinski definition) is 12. The van der Waals surface area contributed by atoms with Crippen molar-refractivity contribution in [2.24, 2.45) is 5.73 Å². The molecule has 0 bridgehead atoms. The molecule has 1 aliphatic heterocycles. The van der Waals surface area contributed by atoms with Crippen LogP contribution in [0.4, 0.5) is 10.8 Å². The van der Waals surface area contributed by atoms with Crippen molar-refractivity contribution in [2.75, 3.05) is 23.1 Å². The van der Waals surface area contributed by atoms with Gasteiger partial charge in [-0.05, 0) is 48.7 Å². The van der Waals surface area contributed by atoms with Crippen molar-refractivity contribution in [3.63, 3.8) is 0 Å². The fourth-order valence-electron chi connectivity index (χ4n) is 4.67. The van der Waals surface area contributed by atoms with E-state index in [1.165, 1.54) is 30.2 Å². The van der Waals surface area contributed by atoms with E-state index in [0.717, 1.165) is 5.56 Å². The highest BCUT2D eigenvalue weighted by Gasteiger charge is 2.41. The smallest absolute Gasteiger partial charge is 0.337 e. The number of nitrogens with two attached hydrogens (primary N) is 1. The van der Waals surface area contributed by atoms with Gasteiger partial charge in [-0.3, -0.25) is 19.5 Å². The first kappa shape index (κ1) is 27.0. The number of anilines is 2. The van der Waals surface area contributed by atoms with E-state index in [2.05, 4.69) is 31.3 Å². The monoisotopic (exact) mass is 573 g/mol. The maximum absolute atomic E-state index is 13.2. The summed E-state index contributed by atoms with van der Waals surface area (Å²) in [4.78, 5) is 43.1. The quantitative estimate of drug-likeness (QED) is 0.312.